The van der Waals surface area contributed by atoms with Crippen LogP contribution in [-0.2, 0) is 11.3 Å². The van der Waals surface area contributed by atoms with E-state index >= 15 is 0 Å². The number of carbonyl (C=O) groups excluding carboxylic acids is 1. The molecule has 5 heteroatoms. The number of nitrogens with one attached hydrogen (secondary N) is 1. The number of likely N-dealkylation sites (tertiary alicyclic amines) is 1. The normalized spacial score (nSPS) is 16.0. The quantitative estimate of drug-likeness (QED) is 0.894. The molecule has 3 rings (SSSR count). The van der Waals surface area contributed by atoms with Crippen LogP contribution in [0.2, 0.25) is 0 Å². The minimum atomic E-state index is 0.0777. The summed E-state index contributed by atoms with van der Waals surface area (Å²) >= 11 is 0. The zero-order chi connectivity index (χ0) is 18.7. The highest BCUT2D eigenvalue weighted by atomic mass is 16.2. The van der Waals surface area contributed by atoms with Crippen LogP contribution < -0.4 is 5.32 Å². The van der Waals surface area contributed by atoms with E-state index in [2.05, 4.69) is 46.0 Å². The number of nitrogens with zero attached hydrogens (tertiary/aromatic N) is 3. The van der Waals surface area contributed by atoms with Gasteiger partial charge in [-0.3, -0.25) is 14.4 Å². The molecule has 5 nitrogen and oxygen atoms in total. The number of hydrogen-bond donors (Lipinski definition) is 1. The molecule has 1 fully saturated rings. The molecule has 1 aromatic carbocycles. The number of piperidine rings is 1. The third kappa shape index (κ3) is 4.73. The van der Waals surface area contributed by atoms with E-state index in [0.717, 1.165) is 49.4 Å². The summed E-state index contributed by atoms with van der Waals surface area (Å²) in [6.07, 6.45) is 2.24. The lowest BCUT2D eigenvalue weighted by atomic mass is 9.97. The molecule has 0 bridgehead atoms. The minimum Gasteiger partial charge on any atom is -0.325 e. The Morgan fingerprint density at radius 1 is 1.15 bits per heavy atom. The predicted octanol–water partition coefficient (Wildman–Crippen LogP) is 3.47. The second kappa shape index (κ2) is 8.04. The van der Waals surface area contributed by atoms with Crippen molar-refractivity contribution < 1.29 is 4.79 Å². The lowest BCUT2D eigenvalue weighted by molar-refractivity contribution is -0.117. The number of benzene rings is 1. The molecule has 1 aliphatic rings. The van der Waals surface area contributed by atoms with Crippen molar-refractivity contribution in [3.05, 3.63) is 46.8 Å². The van der Waals surface area contributed by atoms with Crippen molar-refractivity contribution in [1.82, 2.24) is 14.7 Å². The van der Waals surface area contributed by atoms with Crippen LogP contribution in [0, 0.1) is 33.6 Å². The van der Waals surface area contributed by atoms with E-state index < -0.39 is 0 Å². The van der Waals surface area contributed by atoms with Gasteiger partial charge in [-0.1, -0.05) is 17.7 Å². The summed E-state index contributed by atoms with van der Waals surface area (Å²) in [6.45, 7) is 11.7. The largest absolute Gasteiger partial charge is 0.325 e. The van der Waals surface area contributed by atoms with Gasteiger partial charge in [-0.25, -0.2) is 0 Å². The summed E-state index contributed by atoms with van der Waals surface area (Å²) in [5, 5.41) is 7.62. The van der Waals surface area contributed by atoms with Gasteiger partial charge in [0.1, 0.15) is 0 Å². The number of aromatic nitrogens is 2. The first kappa shape index (κ1) is 18.6. The molecule has 2 aromatic rings. The van der Waals surface area contributed by atoms with Crippen LogP contribution in [0.3, 0.4) is 0 Å². The molecular weight excluding hydrogens is 324 g/mol. The first-order chi connectivity index (χ1) is 12.4. The Labute approximate surface area is 156 Å². The van der Waals surface area contributed by atoms with Gasteiger partial charge in [-0.2, -0.15) is 5.10 Å². The van der Waals surface area contributed by atoms with Crippen molar-refractivity contribution in [3.8, 4) is 0 Å². The Morgan fingerprint density at radius 3 is 2.50 bits per heavy atom. The molecule has 140 valence electrons. The van der Waals surface area contributed by atoms with E-state index in [1.54, 1.807) is 0 Å². The molecule has 0 unspecified atom stereocenters. The molecule has 26 heavy (non-hydrogen) atoms. The molecule has 1 aliphatic heterocycles. The monoisotopic (exact) mass is 354 g/mol. The molecule has 0 radical (unpaired) electrons. The second-order valence-electron chi connectivity index (χ2n) is 7.70. The van der Waals surface area contributed by atoms with Gasteiger partial charge in [0.15, 0.2) is 0 Å². The van der Waals surface area contributed by atoms with Crippen LogP contribution in [0.15, 0.2) is 24.3 Å². The van der Waals surface area contributed by atoms with Crippen molar-refractivity contribution in [2.75, 3.05) is 25.0 Å². The first-order valence-corrected chi connectivity index (χ1v) is 9.51. The fraction of sp³-hybridized carbons (Fsp3) is 0.524. The summed E-state index contributed by atoms with van der Waals surface area (Å²) in [6, 6.07) is 8.25. The Hall–Kier alpha value is -2.14. The average molecular weight is 354 g/mol. The standard InChI is InChI=1S/C21H30N4O/c1-15-5-6-20(16(2)11-15)22-21(26)14-24-9-7-19(8-10-24)13-25-18(4)12-17(3)23-25/h5-6,11-12,19H,7-10,13-14H2,1-4H3,(H,22,26). The molecule has 1 saturated heterocycles. The molecular formula is C21H30N4O. The van der Waals surface area contributed by atoms with Gasteiger partial charge in [-0.15, -0.1) is 0 Å². The summed E-state index contributed by atoms with van der Waals surface area (Å²) in [5.74, 6) is 0.723. The van der Waals surface area contributed by atoms with Crippen molar-refractivity contribution in [1.29, 1.82) is 0 Å². The van der Waals surface area contributed by atoms with E-state index in [1.165, 1.54) is 11.3 Å². The zero-order valence-electron chi connectivity index (χ0n) is 16.4. The molecule has 0 saturated carbocycles. The number of rotatable bonds is 5. The summed E-state index contributed by atoms with van der Waals surface area (Å²) in [4.78, 5) is 14.6. The van der Waals surface area contributed by atoms with Crippen LogP contribution in [0.4, 0.5) is 5.69 Å². The zero-order valence-corrected chi connectivity index (χ0v) is 16.4. The Bertz CT molecular complexity index is 772. The smallest absolute Gasteiger partial charge is 0.238 e. The Morgan fingerprint density at radius 2 is 1.88 bits per heavy atom. The van der Waals surface area contributed by atoms with Gasteiger partial charge in [0.2, 0.25) is 5.91 Å². The van der Waals surface area contributed by atoms with Crippen LogP contribution in [0.5, 0.6) is 0 Å². The minimum absolute atomic E-state index is 0.0777. The topological polar surface area (TPSA) is 50.2 Å². The molecule has 2 heterocycles. The highest BCUT2D eigenvalue weighted by molar-refractivity contribution is 5.93. The van der Waals surface area contributed by atoms with Gasteiger partial charge in [0.05, 0.1) is 12.2 Å². The Kier molecular flexibility index (Phi) is 5.77. The number of aryl methyl sites for hydroxylation is 4. The maximum atomic E-state index is 12.4. The van der Waals surface area contributed by atoms with Gasteiger partial charge in [0.25, 0.3) is 0 Å². The number of amides is 1. The third-order valence-electron chi connectivity index (χ3n) is 5.26. The van der Waals surface area contributed by atoms with E-state index in [1.807, 2.05) is 26.0 Å². The first-order valence-electron chi connectivity index (χ1n) is 9.51. The summed E-state index contributed by atoms with van der Waals surface area (Å²) < 4.78 is 2.13. The molecule has 1 aromatic heterocycles. The van der Waals surface area contributed by atoms with Crippen LogP contribution >= 0.6 is 0 Å². The number of carbonyl (C=O) groups is 1. The third-order valence-corrected chi connectivity index (χ3v) is 5.26. The van der Waals surface area contributed by atoms with E-state index in [0.29, 0.717) is 12.5 Å². The molecule has 0 spiro atoms. The van der Waals surface area contributed by atoms with E-state index in [9.17, 15) is 4.79 Å². The molecule has 0 aliphatic carbocycles. The maximum Gasteiger partial charge on any atom is 0.238 e. The SMILES string of the molecule is Cc1ccc(NC(=O)CN2CCC(Cn3nc(C)cc3C)CC2)c(C)c1. The highest BCUT2D eigenvalue weighted by Crippen LogP contribution is 2.20. The summed E-state index contributed by atoms with van der Waals surface area (Å²) in [5.41, 5.74) is 5.56. The van der Waals surface area contributed by atoms with Gasteiger partial charge in [0, 0.05) is 17.9 Å². The maximum absolute atomic E-state index is 12.4. The highest BCUT2D eigenvalue weighted by Gasteiger charge is 2.22. The lowest BCUT2D eigenvalue weighted by Gasteiger charge is -2.31. The van der Waals surface area contributed by atoms with Crippen molar-refractivity contribution in [3.63, 3.8) is 0 Å². The van der Waals surface area contributed by atoms with Gasteiger partial charge in [-0.05, 0) is 77.2 Å². The van der Waals surface area contributed by atoms with Crippen LogP contribution in [-0.4, -0.2) is 40.2 Å². The average Bonchev–Trinajstić information content (AvgIpc) is 2.89. The summed E-state index contributed by atoms with van der Waals surface area (Å²) in [7, 11) is 0. The second-order valence-corrected chi connectivity index (χ2v) is 7.70. The Balaban J connectivity index is 1.46. The van der Waals surface area contributed by atoms with E-state index in [-0.39, 0.29) is 5.91 Å². The van der Waals surface area contributed by atoms with Gasteiger partial charge >= 0.3 is 0 Å². The molecule has 1 N–H and O–H groups in total. The van der Waals surface area contributed by atoms with Gasteiger partial charge < -0.3 is 5.32 Å². The molecule has 0 atom stereocenters. The van der Waals surface area contributed by atoms with Crippen molar-refractivity contribution >= 4 is 11.6 Å². The lowest BCUT2D eigenvalue weighted by Crippen LogP contribution is -2.40. The fourth-order valence-electron chi connectivity index (χ4n) is 3.78. The van der Waals surface area contributed by atoms with E-state index in [4.69, 9.17) is 0 Å². The van der Waals surface area contributed by atoms with Crippen molar-refractivity contribution in [2.45, 2.75) is 47.1 Å². The van der Waals surface area contributed by atoms with Crippen LogP contribution in [0.1, 0.15) is 35.4 Å². The number of anilines is 1. The van der Waals surface area contributed by atoms with Crippen LogP contribution in [0.25, 0.3) is 0 Å². The fourth-order valence-corrected chi connectivity index (χ4v) is 3.78. The number of hydrogen-bond acceptors (Lipinski definition) is 3. The van der Waals surface area contributed by atoms with Crippen molar-refractivity contribution in [2.24, 2.45) is 5.92 Å². The predicted molar refractivity (Wildman–Crippen MR) is 105 cm³/mol. The molecule has 1 amide bonds.